The quantitative estimate of drug-likeness (QED) is 0.696. The van der Waals surface area contributed by atoms with Crippen LogP contribution < -0.4 is 10.0 Å². The summed E-state index contributed by atoms with van der Waals surface area (Å²) in [6.45, 7) is 3.09. The number of benzene rings is 1. The third kappa shape index (κ3) is 3.96. The molecule has 2 rings (SSSR count). The summed E-state index contributed by atoms with van der Waals surface area (Å²) in [4.78, 5) is 11.0. The molecule has 0 unspecified atom stereocenters. The van der Waals surface area contributed by atoms with Gasteiger partial charge >= 0.3 is 5.97 Å². The molecule has 1 aliphatic rings. The normalized spacial score (nSPS) is 18.3. The van der Waals surface area contributed by atoms with Gasteiger partial charge in [0.05, 0.1) is 17.4 Å². The highest BCUT2D eigenvalue weighted by Crippen LogP contribution is 2.24. The predicted octanol–water partition coefficient (Wildman–Crippen LogP) is 1.27. The highest BCUT2D eigenvalue weighted by Gasteiger charge is 2.21. The Kier molecular flexibility index (Phi) is 5.38. The van der Waals surface area contributed by atoms with Gasteiger partial charge in [0.1, 0.15) is 4.90 Å². The van der Waals surface area contributed by atoms with Crippen molar-refractivity contribution in [1.82, 2.24) is 4.72 Å². The van der Waals surface area contributed by atoms with E-state index in [-0.39, 0.29) is 23.1 Å². The molecule has 1 saturated heterocycles. The Labute approximate surface area is 129 Å². The Bertz CT molecular complexity index is 639. The van der Waals surface area contributed by atoms with Crippen LogP contribution in [-0.2, 0) is 14.8 Å². The van der Waals surface area contributed by atoms with E-state index in [4.69, 9.17) is 9.84 Å². The molecule has 0 spiro atoms. The van der Waals surface area contributed by atoms with Crippen molar-refractivity contribution < 1.29 is 23.1 Å². The van der Waals surface area contributed by atoms with Crippen LogP contribution in [0.3, 0.4) is 0 Å². The molecular formula is C14H20N2O5S. The number of anilines is 1. The summed E-state index contributed by atoms with van der Waals surface area (Å²) >= 11 is 0. The fourth-order valence-corrected chi connectivity index (χ4v) is 3.57. The molecule has 0 aliphatic carbocycles. The lowest BCUT2D eigenvalue weighted by Crippen LogP contribution is -2.26. The van der Waals surface area contributed by atoms with Crippen LogP contribution in [-0.4, -0.2) is 45.3 Å². The van der Waals surface area contributed by atoms with E-state index in [1.807, 2.05) is 0 Å². The van der Waals surface area contributed by atoms with Crippen molar-refractivity contribution in [3.05, 3.63) is 23.8 Å². The fourth-order valence-electron chi connectivity index (χ4n) is 2.32. The lowest BCUT2D eigenvalue weighted by molar-refractivity contribution is 0.0696. The Balaban J connectivity index is 2.28. The fraction of sp³-hybridized carbons (Fsp3) is 0.500. The lowest BCUT2D eigenvalue weighted by Gasteiger charge is -2.16. The maximum absolute atomic E-state index is 12.2. The molecule has 122 valence electrons. The second kappa shape index (κ2) is 7.08. The highest BCUT2D eigenvalue weighted by atomic mass is 32.2. The predicted molar refractivity (Wildman–Crippen MR) is 81.7 cm³/mol. The largest absolute Gasteiger partial charge is 0.478 e. The van der Waals surface area contributed by atoms with E-state index in [0.29, 0.717) is 18.8 Å². The zero-order valence-corrected chi connectivity index (χ0v) is 13.1. The van der Waals surface area contributed by atoms with Crippen LogP contribution in [0.15, 0.2) is 23.1 Å². The number of carboxylic acid groups (broad SMARTS) is 1. The molecule has 7 nitrogen and oxygen atoms in total. The maximum Gasteiger partial charge on any atom is 0.335 e. The van der Waals surface area contributed by atoms with Crippen LogP contribution in [0.25, 0.3) is 0 Å². The van der Waals surface area contributed by atoms with E-state index >= 15 is 0 Å². The van der Waals surface area contributed by atoms with Crippen LogP contribution in [0, 0.1) is 0 Å². The van der Waals surface area contributed by atoms with E-state index in [2.05, 4.69) is 10.0 Å². The number of aromatic carboxylic acids is 1. The van der Waals surface area contributed by atoms with E-state index in [1.54, 1.807) is 6.92 Å². The molecule has 1 aliphatic heterocycles. The zero-order valence-electron chi connectivity index (χ0n) is 12.3. The maximum atomic E-state index is 12.2. The van der Waals surface area contributed by atoms with E-state index in [1.165, 1.54) is 12.1 Å². The van der Waals surface area contributed by atoms with Gasteiger partial charge in [-0.15, -0.1) is 0 Å². The van der Waals surface area contributed by atoms with Crippen LogP contribution in [0.5, 0.6) is 0 Å². The van der Waals surface area contributed by atoms with Crippen molar-refractivity contribution in [1.29, 1.82) is 0 Å². The van der Waals surface area contributed by atoms with Gasteiger partial charge in [0.15, 0.2) is 0 Å². The molecule has 22 heavy (non-hydrogen) atoms. The van der Waals surface area contributed by atoms with Crippen LogP contribution in [0.4, 0.5) is 5.69 Å². The number of rotatable bonds is 7. The molecule has 1 heterocycles. The van der Waals surface area contributed by atoms with Gasteiger partial charge in [-0.3, -0.25) is 0 Å². The van der Waals surface area contributed by atoms with Crippen LogP contribution >= 0.6 is 0 Å². The first-order valence-electron chi connectivity index (χ1n) is 7.16. The molecule has 0 bridgehead atoms. The van der Waals surface area contributed by atoms with Gasteiger partial charge in [-0.2, -0.15) is 0 Å². The molecule has 0 amide bonds. The number of nitrogens with one attached hydrogen (secondary N) is 2. The molecule has 1 aromatic rings. The molecule has 1 aromatic carbocycles. The van der Waals surface area contributed by atoms with Gasteiger partial charge in [-0.1, -0.05) is 6.92 Å². The Morgan fingerprint density at radius 3 is 2.82 bits per heavy atom. The summed E-state index contributed by atoms with van der Waals surface area (Å²) < 4.78 is 32.4. The number of hydrogen-bond acceptors (Lipinski definition) is 5. The minimum absolute atomic E-state index is 0.0499. The van der Waals surface area contributed by atoms with Gasteiger partial charge in [0, 0.05) is 19.7 Å². The first-order valence-corrected chi connectivity index (χ1v) is 8.65. The molecule has 0 radical (unpaired) electrons. The SMILES string of the molecule is CCNS(=O)(=O)c1cc(C(=O)O)ccc1NC[C@@H]1CCCO1. The Hall–Kier alpha value is -1.64. The number of ether oxygens (including phenoxy) is 1. The smallest absolute Gasteiger partial charge is 0.335 e. The van der Waals surface area contributed by atoms with Gasteiger partial charge in [0.2, 0.25) is 10.0 Å². The first kappa shape index (κ1) is 16.7. The van der Waals surface area contributed by atoms with Crippen molar-refractivity contribution >= 4 is 21.7 Å². The van der Waals surface area contributed by atoms with Crippen LogP contribution in [0.2, 0.25) is 0 Å². The number of carboxylic acids is 1. The van der Waals surface area contributed by atoms with E-state index in [9.17, 15) is 13.2 Å². The average Bonchev–Trinajstić information content (AvgIpc) is 2.98. The molecule has 8 heteroatoms. The van der Waals surface area contributed by atoms with Gasteiger partial charge in [0.25, 0.3) is 0 Å². The molecule has 1 fully saturated rings. The zero-order chi connectivity index (χ0) is 16.2. The summed E-state index contributed by atoms with van der Waals surface area (Å²) in [6.07, 6.45) is 1.97. The summed E-state index contributed by atoms with van der Waals surface area (Å²) in [7, 11) is -3.76. The van der Waals surface area contributed by atoms with E-state index < -0.39 is 16.0 Å². The summed E-state index contributed by atoms with van der Waals surface area (Å²) in [6, 6.07) is 4.02. The average molecular weight is 328 g/mol. The van der Waals surface area contributed by atoms with Crippen molar-refractivity contribution in [3.63, 3.8) is 0 Å². The summed E-state index contributed by atoms with van der Waals surface area (Å²) in [5.74, 6) is -1.17. The molecular weight excluding hydrogens is 308 g/mol. The highest BCUT2D eigenvalue weighted by molar-refractivity contribution is 7.89. The minimum atomic E-state index is -3.76. The number of sulfonamides is 1. The van der Waals surface area contributed by atoms with Gasteiger partial charge < -0.3 is 15.2 Å². The molecule has 3 N–H and O–H groups in total. The van der Waals surface area contributed by atoms with E-state index in [0.717, 1.165) is 18.9 Å². The third-order valence-electron chi connectivity index (χ3n) is 3.40. The van der Waals surface area contributed by atoms with Crippen molar-refractivity contribution in [2.45, 2.75) is 30.8 Å². The molecule has 0 aromatic heterocycles. The van der Waals surface area contributed by atoms with Crippen molar-refractivity contribution in [3.8, 4) is 0 Å². The lowest BCUT2D eigenvalue weighted by atomic mass is 10.2. The summed E-state index contributed by atoms with van der Waals surface area (Å²) in [5.41, 5.74) is 0.306. The standard InChI is InChI=1S/C14H20N2O5S/c1-2-16-22(19,20)13-8-10(14(17)18)5-6-12(13)15-9-11-4-3-7-21-11/h5-6,8,11,15-16H,2-4,7,9H2,1H3,(H,17,18)/t11-/m0/s1. The Morgan fingerprint density at radius 1 is 1.45 bits per heavy atom. The Morgan fingerprint density at radius 2 is 2.23 bits per heavy atom. The molecule has 0 saturated carbocycles. The second-order valence-corrected chi connectivity index (χ2v) is 6.77. The minimum Gasteiger partial charge on any atom is -0.478 e. The monoisotopic (exact) mass is 328 g/mol. The topological polar surface area (TPSA) is 105 Å². The van der Waals surface area contributed by atoms with Crippen molar-refractivity contribution in [2.24, 2.45) is 0 Å². The molecule has 1 atom stereocenters. The van der Waals surface area contributed by atoms with Gasteiger partial charge in [-0.05, 0) is 31.0 Å². The third-order valence-corrected chi connectivity index (χ3v) is 4.98. The van der Waals surface area contributed by atoms with Gasteiger partial charge in [-0.25, -0.2) is 17.9 Å². The number of hydrogen-bond donors (Lipinski definition) is 3. The number of carbonyl (C=O) groups is 1. The second-order valence-electron chi connectivity index (χ2n) is 5.03. The van der Waals surface area contributed by atoms with Crippen LogP contribution in [0.1, 0.15) is 30.1 Å². The summed E-state index contributed by atoms with van der Waals surface area (Å²) in [5, 5.41) is 12.1. The van der Waals surface area contributed by atoms with Crippen molar-refractivity contribution in [2.75, 3.05) is 25.0 Å². The first-order chi connectivity index (χ1) is 10.4.